The molecule has 0 aliphatic heterocycles. The third-order valence-electron chi connectivity index (χ3n) is 2.53. The van der Waals surface area contributed by atoms with Crippen molar-refractivity contribution in [3.63, 3.8) is 0 Å². The van der Waals surface area contributed by atoms with Crippen LogP contribution in [0.25, 0.3) is 0 Å². The van der Waals surface area contributed by atoms with Crippen molar-refractivity contribution < 1.29 is 4.79 Å². The van der Waals surface area contributed by atoms with Crippen molar-refractivity contribution in [2.24, 2.45) is 0 Å². The van der Waals surface area contributed by atoms with E-state index in [9.17, 15) is 4.79 Å². The summed E-state index contributed by atoms with van der Waals surface area (Å²) < 4.78 is 0. The third kappa shape index (κ3) is 2.87. The number of amides is 1. The van der Waals surface area contributed by atoms with Gasteiger partial charge in [-0.05, 0) is 31.2 Å². The molecule has 19 heavy (non-hydrogen) atoms. The van der Waals surface area contributed by atoms with Gasteiger partial charge in [-0.15, -0.1) is 11.3 Å². The molecule has 0 aliphatic rings. The van der Waals surface area contributed by atoms with E-state index in [2.05, 4.69) is 5.32 Å². The molecule has 1 aromatic heterocycles. The quantitative estimate of drug-likeness (QED) is 0.890. The van der Waals surface area contributed by atoms with Crippen molar-refractivity contribution in [1.29, 1.82) is 5.26 Å². The maximum atomic E-state index is 12.1. The summed E-state index contributed by atoms with van der Waals surface area (Å²) in [5.74, 6) is -0.302. The molecule has 0 atom stereocenters. The number of nitriles is 1. The Morgan fingerprint density at radius 2 is 2.21 bits per heavy atom. The molecule has 1 amide bonds. The standard InChI is InChI=1S/C13H10ClN3OS/c1-7-10(16)5-12(19-7)13(18)17-11-4-9(14)3-2-8(11)6-15/h2-5H,16H2,1H3,(H,17,18). The highest BCUT2D eigenvalue weighted by molar-refractivity contribution is 7.14. The first-order valence-corrected chi connectivity index (χ1v) is 6.57. The molecule has 6 heteroatoms. The molecular weight excluding hydrogens is 282 g/mol. The summed E-state index contributed by atoms with van der Waals surface area (Å²) >= 11 is 7.16. The van der Waals surface area contributed by atoms with Gasteiger partial charge in [-0.25, -0.2) is 0 Å². The summed E-state index contributed by atoms with van der Waals surface area (Å²) in [6.07, 6.45) is 0. The van der Waals surface area contributed by atoms with Crippen molar-refractivity contribution >= 4 is 40.2 Å². The molecule has 0 radical (unpaired) electrons. The van der Waals surface area contributed by atoms with Gasteiger partial charge in [0.15, 0.2) is 0 Å². The van der Waals surface area contributed by atoms with Crippen molar-refractivity contribution in [1.82, 2.24) is 0 Å². The summed E-state index contributed by atoms with van der Waals surface area (Å²) in [4.78, 5) is 13.4. The van der Waals surface area contributed by atoms with Gasteiger partial charge >= 0.3 is 0 Å². The molecule has 4 nitrogen and oxygen atoms in total. The summed E-state index contributed by atoms with van der Waals surface area (Å²) in [7, 11) is 0. The Labute approximate surface area is 119 Å². The van der Waals surface area contributed by atoms with E-state index in [4.69, 9.17) is 22.6 Å². The molecule has 0 saturated heterocycles. The van der Waals surface area contributed by atoms with E-state index in [1.54, 1.807) is 24.3 Å². The molecule has 1 heterocycles. The number of anilines is 2. The van der Waals surface area contributed by atoms with Gasteiger partial charge in [-0.2, -0.15) is 5.26 Å². The lowest BCUT2D eigenvalue weighted by molar-refractivity contribution is 0.103. The van der Waals surface area contributed by atoms with Gasteiger partial charge in [0.2, 0.25) is 0 Å². The molecule has 0 unspecified atom stereocenters. The number of nitrogens with zero attached hydrogens (tertiary/aromatic N) is 1. The molecule has 96 valence electrons. The fourth-order valence-electron chi connectivity index (χ4n) is 1.51. The Morgan fingerprint density at radius 1 is 1.47 bits per heavy atom. The van der Waals surface area contributed by atoms with E-state index in [0.29, 0.717) is 26.8 Å². The third-order valence-corrected chi connectivity index (χ3v) is 3.83. The monoisotopic (exact) mass is 291 g/mol. The molecule has 0 bridgehead atoms. The predicted octanol–water partition coefficient (Wildman–Crippen LogP) is 3.42. The zero-order chi connectivity index (χ0) is 14.0. The molecule has 0 aliphatic carbocycles. The van der Waals surface area contributed by atoms with Gasteiger partial charge in [0.05, 0.1) is 16.1 Å². The van der Waals surface area contributed by atoms with Gasteiger partial charge < -0.3 is 11.1 Å². The van der Waals surface area contributed by atoms with Crippen LogP contribution < -0.4 is 11.1 Å². The zero-order valence-electron chi connectivity index (χ0n) is 10.0. The van der Waals surface area contributed by atoms with Crippen molar-refractivity contribution in [2.45, 2.75) is 6.92 Å². The first-order valence-electron chi connectivity index (χ1n) is 5.38. The molecule has 3 N–H and O–H groups in total. The molecule has 1 aromatic carbocycles. The molecule has 0 fully saturated rings. The van der Waals surface area contributed by atoms with Gasteiger partial charge in [0.25, 0.3) is 5.91 Å². The average Bonchev–Trinajstić information content (AvgIpc) is 2.70. The summed E-state index contributed by atoms with van der Waals surface area (Å²) in [6.45, 7) is 1.84. The lowest BCUT2D eigenvalue weighted by atomic mass is 10.2. The zero-order valence-corrected chi connectivity index (χ0v) is 11.6. The van der Waals surface area contributed by atoms with E-state index < -0.39 is 0 Å². The number of halogens is 1. The fourth-order valence-corrected chi connectivity index (χ4v) is 2.52. The number of nitrogens with one attached hydrogen (secondary N) is 1. The van der Waals surface area contributed by atoms with Gasteiger partial charge in [0, 0.05) is 15.6 Å². The molecular formula is C13H10ClN3OS. The van der Waals surface area contributed by atoms with Crippen LogP contribution in [0.1, 0.15) is 20.1 Å². The van der Waals surface area contributed by atoms with Crippen LogP contribution in [0.4, 0.5) is 11.4 Å². The van der Waals surface area contributed by atoms with Crippen molar-refractivity contribution in [3.8, 4) is 6.07 Å². The van der Waals surface area contributed by atoms with E-state index in [0.717, 1.165) is 4.88 Å². The normalized spacial score (nSPS) is 9.95. The predicted molar refractivity (Wildman–Crippen MR) is 77.6 cm³/mol. The molecule has 0 saturated carbocycles. The number of hydrogen-bond acceptors (Lipinski definition) is 4. The maximum Gasteiger partial charge on any atom is 0.265 e. The van der Waals surface area contributed by atoms with Crippen LogP contribution in [0, 0.1) is 18.3 Å². The Balaban J connectivity index is 2.29. The van der Waals surface area contributed by atoms with Gasteiger partial charge in [0.1, 0.15) is 6.07 Å². The smallest absolute Gasteiger partial charge is 0.265 e. The van der Waals surface area contributed by atoms with E-state index >= 15 is 0 Å². The molecule has 2 aromatic rings. The van der Waals surface area contributed by atoms with Gasteiger partial charge in [-0.3, -0.25) is 4.79 Å². The second-order valence-electron chi connectivity index (χ2n) is 3.88. The Morgan fingerprint density at radius 3 is 2.79 bits per heavy atom. The first-order chi connectivity index (χ1) is 9.01. The highest BCUT2D eigenvalue weighted by Crippen LogP contribution is 2.26. The van der Waals surface area contributed by atoms with E-state index in [1.807, 2.05) is 13.0 Å². The second kappa shape index (κ2) is 5.31. The summed E-state index contributed by atoms with van der Waals surface area (Å²) in [5.41, 5.74) is 7.05. The summed E-state index contributed by atoms with van der Waals surface area (Å²) in [5, 5.41) is 12.1. The SMILES string of the molecule is Cc1sc(C(=O)Nc2cc(Cl)ccc2C#N)cc1N. The number of hydrogen-bond donors (Lipinski definition) is 2. The summed E-state index contributed by atoms with van der Waals surface area (Å²) in [6, 6.07) is 8.32. The number of nitrogen functional groups attached to an aromatic ring is 1. The number of carbonyl (C=O) groups excluding carboxylic acids is 1. The number of nitrogens with two attached hydrogens (primary N) is 1. The van der Waals surface area contributed by atoms with E-state index in [1.165, 1.54) is 11.3 Å². The van der Waals surface area contributed by atoms with Crippen LogP contribution in [0.3, 0.4) is 0 Å². The van der Waals surface area contributed by atoms with Gasteiger partial charge in [-0.1, -0.05) is 11.6 Å². The van der Waals surface area contributed by atoms with Crippen molar-refractivity contribution in [2.75, 3.05) is 11.1 Å². The number of thiophene rings is 1. The highest BCUT2D eigenvalue weighted by atomic mass is 35.5. The second-order valence-corrected chi connectivity index (χ2v) is 5.57. The highest BCUT2D eigenvalue weighted by Gasteiger charge is 2.13. The van der Waals surface area contributed by atoms with Crippen molar-refractivity contribution in [3.05, 3.63) is 44.6 Å². The van der Waals surface area contributed by atoms with E-state index in [-0.39, 0.29) is 5.91 Å². The lowest BCUT2D eigenvalue weighted by Crippen LogP contribution is -2.11. The molecule has 0 spiro atoms. The lowest BCUT2D eigenvalue weighted by Gasteiger charge is -2.06. The maximum absolute atomic E-state index is 12.1. The minimum Gasteiger partial charge on any atom is -0.398 e. The largest absolute Gasteiger partial charge is 0.398 e. The average molecular weight is 292 g/mol. The Hall–Kier alpha value is -2.03. The number of rotatable bonds is 2. The van der Waals surface area contributed by atoms with Crippen LogP contribution in [0.2, 0.25) is 5.02 Å². The number of aryl methyl sites for hydroxylation is 1. The Bertz CT molecular complexity index is 668. The van der Waals surface area contributed by atoms with Crippen LogP contribution in [0.5, 0.6) is 0 Å². The number of carbonyl (C=O) groups is 1. The molecule has 2 rings (SSSR count). The number of benzene rings is 1. The minimum absolute atomic E-state index is 0.302. The minimum atomic E-state index is -0.302. The van der Waals surface area contributed by atoms with Crippen LogP contribution in [-0.4, -0.2) is 5.91 Å². The fraction of sp³-hybridized carbons (Fsp3) is 0.0769. The van der Waals surface area contributed by atoms with Crippen LogP contribution in [-0.2, 0) is 0 Å². The first kappa shape index (κ1) is 13.4. The Kier molecular flexibility index (Phi) is 3.74. The van der Waals surface area contributed by atoms with Crippen LogP contribution in [0.15, 0.2) is 24.3 Å². The topological polar surface area (TPSA) is 78.9 Å². The van der Waals surface area contributed by atoms with Crippen LogP contribution >= 0.6 is 22.9 Å².